The van der Waals surface area contributed by atoms with Crippen molar-refractivity contribution >= 4 is 13.8 Å². The van der Waals surface area contributed by atoms with Crippen molar-refractivity contribution < 1.29 is 14.4 Å². The first-order chi connectivity index (χ1) is 7.95. The third-order valence-corrected chi connectivity index (χ3v) is 4.66. The zero-order valence-corrected chi connectivity index (χ0v) is 10.9. The molecule has 0 aromatic heterocycles. The van der Waals surface area contributed by atoms with Gasteiger partial charge in [-0.05, 0) is 26.0 Å². The Morgan fingerprint density at radius 1 is 1.24 bits per heavy atom. The number of nitrogens with zero attached hydrogens (tertiary/aromatic N) is 1. The fourth-order valence-corrected chi connectivity index (χ4v) is 2.60. The number of aliphatic imine (C=N–C) groups is 1. The summed E-state index contributed by atoms with van der Waals surface area (Å²) in [4.78, 5) is 26.6. The van der Waals surface area contributed by atoms with Gasteiger partial charge in [0.05, 0.1) is 5.28 Å². The van der Waals surface area contributed by atoms with Crippen LogP contribution in [0.5, 0.6) is 0 Å². The fraction of sp³-hybridized carbons (Fsp3) is 0.417. The molecule has 0 N–H and O–H groups in total. The number of rotatable bonds is 5. The Balaban J connectivity index is 3.04. The van der Waals surface area contributed by atoms with Crippen LogP contribution in [0.3, 0.4) is 0 Å². The standard InChI is InChI=1S/C12H18NO3P/c1-3-12(4-2,17(14,15)16)13-10-11-8-6-5-7-9-11/h5-10H,3-4H2,1-2H3,(H2,14,15,16)/p-2. The van der Waals surface area contributed by atoms with Gasteiger partial charge < -0.3 is 14.4 Å². The molecule has 0 unspecified atom stereocenters. The molecule has 5 heteroatoms. The largest absolute Gasteiger partial charge is 0.809 e. The molecule has 0 aliphatic carbocycles. The Bertz CT molecular complexity index is 421. The van der Waals surface area contributed by atoms with Crippen molar-refractivity contribution in [2.24, 2.45) is 4.99 Å². The molecular formula is C12H16NO3P-2. The molecule has 4 nitrogen and oxygen atoms in total. The average molecular weight is 253 g/mol. The molecule has 0 amide bonds. The van der Waals surface area contributed by atoms with Crippen LogP contribution in [-0.4, -0.2) is 11.5 Å². The lowest BCUT2D eigenvalue weighted by molar-refractivity contribution is -0.321. The van der Waals surface area contributed by atoms with Crippen molar-refractivity contribution in [3.63, 3.8) is 0 Å². The van der Waals surface area contributed by atoms with E-state index in [0.717, 1.165) is 5.56 Å². The summed E-state index contributed by atoms with van der Waals surface area (Å²) in [5, 5.41) is -1.51. The minimum Gasteiger partial charge on any atom is -0.809 e. The van der Waals surface area contributed by atoms with Crippen LogP contribution in [0, 0.1) is 0 Å². The second kappa shape index (κ2) is 5.58. The van der Waals surface area contributed by atoms with Crippen molar-refractivity contribution in [2.45, 2.75) is 32.0 Å². The van der Waals surface area contributed by atoms with Crippen molar-refractivity contribution in [2.75, 3.05) is 0 Å². The van der Waals surface area contributed by atoms with E-state index in [-0.39, 0.29) is 12.8 Å². The van der Waals surface area contributed by atoms with Crippen LogP contribution in [-0.2, 0) is 4.57 Å². The van der Waals surface area contributed by atoms with Crippen molar-refractivity contribution in [3.8, 4) is 0 Å². The predicted octanol–water partition coefficient (Wildman–Crippen LogP) is 1.54. The summed E-state index contributed by atoms with van der Waals surface area (Å²) in [6.07, 6.45) is 1.84. The predicted molar refractivity (Wildman–Crippen MR) is 65.0 cm³/mol. The van der Waals surface area contributed by atoms with Gasteiger partial charge in [-0.3, -0.25) is 4.99 Å². The van der Waals surface area contributed by atoms with E-state index in [0.29, 0.717) is 0 Å². The summed E-state index contributed by atoms with van der Waals surface area (Å²) in [5.74, 6) is 0. The molecule has 1 aromatic rings. The highest BCUT2D eigenvalue weighted by Gasteiger charge is 2.28. The van der Waals surface area contributed by atoms with E-state index >= 15 is 0 Å². The molecule has 0 radical (unpaired) electrons. The van der Waals surface area contributed by atoms with Crippen molar-refractivity contribution in [1.29, 1.82) is 0 Å². The van der Waals surface area contributed by atoms with E-state index in [9.17, 15) is 14.4 Å². The first kappa shape index (κ1) is 14.1. The first-order valence-electron chi connectivity index (χ1n) is 5.57. The molecule has 0 spiro atoms. The number of hydrogen-bond acceptors (Lipinski definition) is 4. The van der Waals surface area contributed by atoms with Crippen molar-refractivity contribution in [1.82, 2.24) is 0 Å². The van der Waals surface area contributed by atoms with Gasteiger partial charge in [-0.2, -0.15) is 0 Å². The first-order valence-corrected chi connectivity index (χ1v) is 7.12. The monoisotopic (exact) mass is 253 g/mol. The minimum absolute atomic E-state index is 0.192. The van der Waals surface area contributed by atoms with Gasteiger partial charge >= 0.3 is 0 Å². The maximum absolute atomic E-state index is 11.3. The zero-order valence-electron chi connectivity index (χ0n) is 10.00. The van der Waals surface area contributed by atoms with Gasteiger partial charge in [0, 0.05) is 6.21 Å². The Hall–Kier alpha value is -0.960. The second-order valence-corrected chi connectivity index (χ2v) is 5.68. The minimum atomic E-state index is -4.74. The maximum Gasteiger partial charge on any atom is 0.0869 e. The van der Waals surface area contributed by atoms with Gasteiger partial charge in [-0.15, -0.1) is 0 Å². The molecule has 0 heterocycles. The number of benzene rings is 1. The van der Waals surface area contributed by atoms with Crippen molar-refractivity contribution in [3.05, 3.63) is 35.9 Å². The van der Waals surface area contributed by atoms with Gasteiger partial charge in [-0.1, -0.05) is 44.2 Å². The molecule has 0 atom stereocenters. The van der Waals surface area contributed by atoms with E-state index in [1.165, 1.54) is 6.21 Å². The highest BCUT2D eigenvalue weighted by atomic mass is 31.2. The summed E-state index contributed by atoms with van der Waals surface area (Å²) in [6, 6.07) is 9.13. The molecule has 0 saturated carbocycles. The zero-order chi connectivity index (χ0) is 12.9. The topological polar surface area (TPSA) is 75.5 Å². The van der Waals surface area contributed by atoms with E-state index in [1.54, 1.807) is 26.0 Å². The van der Waals surface area contributed by atoms with Crippen LogP contribution in [0.25, 0.3) is 0 Å². The lowest BCUT2D eigenvalue weighted by Gasteiger charge is -2.46. The molecule has 17 heavy (non-hydrogen) atoms. The molecule has 94 valence electrons. The molecular weight excluding hydrogens is 237 g/mol. The number of hydrogen-bond donors (Lipinski definition) is 0. The smallest absolute Gasteiger partial charge is 0.0869 e. The third-order valence-electron chi connectivity index (χ3n) is 2.90. The normalized spacial score (nSPS) is 13.2. The van der Waals surface area contributed by atoms with Gasteiger partial charge in [0.15, 0.2) is 0 Å². The molecule has 0 saturated heterocycles. The van der Waals surface area contributed by atoms with Gasteiger partial charge in [0.2, 0.25) is 0 Å². The Morgan fingerprint density at radius 3 is 2.18 bits per heavy atom. The fourth-order valence-electron chi connectivity index (χ4n) is 1.62. The summed E-state index contributed by atoms with van der Waals surface area (Å²) in [7, 11) is -4.74. The highest BCUT2D eigenvalue weighted by molar-refractivity contribution is 7.50. The third kappa shape index (κ3) is 3.25. The van der Waals surface area contributed by atoms with Crippen LogP contribution in [0.1, 0.15) is 32.3 Å². The SMILES string of the molecule is CCC(CC)(N=Cc1ccccc1)P(=O)([O-])[O-]. The summed E-state index contributed by atoms with van der Waals surface area (Å²) < 4.78 is 11.3. The quantitative estimate of drug-likeness (QED) is 0.590. The Morgan fingerprint density at radius 2 is 1.76 bits per heavy atom. The van der Waals surface area contributed by atoms with Crippen LogP contribution in [0.2, 0.25) is 0 Å². The lowest BCUT2D eigenvalue weighted by atomic mass is 10.1. The Labute approximate surface area is 102 Å². The lowest BCUT2D eigenvalue weighted by Crippen LogP contribution is -2.36. The molecule has 1 aromatic carbocycles. The summed E-state index contributed by atoms with van der Waals surface area (Å²) >= 11 is 0. The van der Waals surface area contributed by atoms with Crippen LogP contribution < -0.4 is 9.79 Å². The maximum atomic E-state index is 11.3. The molecule has 0 bridgehead atoms. The van der Waals surface area contributed by atoms with Gasteiger partial charge in [-0.25, -0.2) is 0 Å². The Kier molecular flexibility index (Phi) is 4.63. The molecule has 0 fully saturated rings. The average Bonchev–Trinajstić information content (AvgIpc) is 2.30. The molecule has 0 aliphatic heterocycles. The van der Waals surface area contributed by atoms with E-state index in [4.69, 9.17) is 0 Å². The summed E-state index contributed by atoms with van der Waals surface area (Å²) in [6.45, 7) is 3.32. The van der Waals surface area contributed by atoms with Gasteiger partial charge in [0.25, 0.3) is 0 Å². The van der Waals surface area contributed by atoms with Gasteiger partial charge in [0.1, 0.15) is 0 Å². The van der Waals surface area contributed by atoms with E-state index in [1.807, 2.05) is 18.2 Å². The molecule has 0 aliphatic rings. The molecule has 1 rings (SSSR count). The summed E-state index contributed by atoms with van der Waals surface area (Å²) in [5.41, 5.74) is 0.784. The van der Waals surface area contributed by atoms with E-state index in [2.05, 4.69) is 4.99 Å². The second-order valence-electron chi connectivity index (χ2n) is 3.86. The van der Waals surface area contributed by atoms with Crippen LogP contribution >= 0.6 is 7.60 Å². The highest BCUT2D eigenvalue weighted by Crippen LogP contribution is 2.48. The van der Waals surface area contributed by atoms with Crippen LogP contribution in [0.4, 0.5) is 0 Å². The van der Waals surface area contributed by atoms with E-state index < -0.39 is 12.9 Å². The van der Waals surface area contributed by atoms with Crippen LogP contribution in [0.15, 0.2) is 35.3 Å².